The van der Waals surface area contributed by atoms with Crippen molar-refractivity contribution >= 4 is 32.9 Å². The Bertz CT molecular complexity index is 1020. The maximum Gasteiger partial charge on any atom is 0.422 e. The minimum Gasteiger partial charge on any atom is -0.445 e. The number of nitrogens with one attached hydrogen (secondary N) is 3. The highest BCUT2D eigenvalue weighted by atomic mass is 32.2. The van der Waals surface area contributed by atoms with Crippen molar-refractivity contribution in [3.8, 4) is 11.3 Å². The van der Waals surface area contributed by atoms with Crippen LogP contribution in [0.1, 0.15) is 0 Å². The topological polar surface area (TPSA) is 100 Å². The molecule has 3 rings (SSSR count). The van der Waals surface area contributed by atoms with Crippen molar-refractivity contribution in [1.82, 2.24) is 9.71 Å². The van der Waals surface area contributed by atoms with Gasteiger partial charge in [0.25, 0.3) is 0 Å². The fourth-order valence-corrected chi connectivity index (χ4v) is 3.20. The van der Waals surface area contributed by atoms with Gasteiger partial charge in [-0.2, -0.15) is 8.42 Å². The highest BCUT2D eigenvalue weighted by Crippen LogP contribution is 2.26. The van der Waals surface area contributed by atoms with E-state index in [1.54, 1.807) is 22.9 Å². The lowest BCUT2D eigenvalue weighted by Crippen LogP contribution is -2.35. The number of anilines is 1. The van der Waals surface area contributed by atoms with Crippen LogP contribution in [0.3, 0.4) is 0 Å². The van der Waals surface area contributed by atoms with E-state index in [4.69, 9.17) is 0 Å². The zero-order valence-electron chi connectivity index (χ0n) is 13.7. The van der Waals surface area contributed by atoms with Crippen LogP contribution in [0.2, 0.25) is 0 Å². The van der Waals surface area contributed by atoms with Crippen LogP contribution in [0.15, 0.2) is 67.3 Å². The van der Waals surface area contributed by atoms with Crippen LogP contribution in [0, 0.1) is 0 Å². The summed E-state index contributed by atoms with van der Waals surface area (Å²) in [5.74, 6) is 0. The van der Waals surface area contributed by atoms with Crippen LogP contribution >= 0.6 is 0 Å². The number of ether oxygens (including phenoxy) is 1. The molecule has 0 unspecified atom stereocenters. The number of hydrogen-bond donors (Lipinski definition) is 3. The zero-order chi connectivity index (χ0) is 18.6. The Balaban J connectivity index is 1.78. The Morgan fingerprint density at radius 2 is 1.96 bits per heavy atom. The molecule has 2 aromatic carbocycles. The van der Waals surface area contributed by atoms with Gasteiger partial charge in [0.2, 0.25) is 0 Å². The Labute approximate surface area is 150 Å². The Morgan fingerprint density at radius 1 is 1.15 bits per heavy atom. The van der Waals surface area contributed by atoms with E-state index in [0.29, 0.717) is 5.69 Å². The van der Waals surface area contributed by atoms with Gasteiger partial charge in [0.05, 0.1) is 5.69 Å². The van der Waals surface area contributed by atoms with Crippen LogP contribution in [0.4, 0.5) is 10.5 Å². The first-order chi connectivity index (χ1) is 12.5. The minimum atomic E-state index is -4.11. The van der Waals surface area contributed by atoms with Crippen molar-refractivity contribution < 1.29 is 17.9 Å². The molecular formula is C18H17N3O4S. The first-order valence-electron chi connectivity index (χ1n) is 7.73. The first kappa shape index (κ1) is 17.6. The largest absolute Gasteiger partial charge is 0.445 e. The summed E-state index contributed by atoms with van der Waals surface area (Å²) in [4.78, 5) is 14.7. The molecule has 0 atom stereocenters. The van der Waals surface area contributed by atoms with Gasteiger partial charge in [-0.15, -0.1) is 0 Å². The second kappa shape index (κ2) is 7.32. The van der Waals surface area contributed by atoms with Crippen LogP contribution in [0.25, 0.3) is 22.2 Å². The van der Waals surface area contributed by atoms with Crippen molar-refractivity contribution in [3.63, 3.8) is 0 Å². The second-order valence-electron chi connectivity index (χ2n) is 5.45. The van der Waals surface area contributed by atoms with Gasteiger partial charge in [0, 0.05) is 22.2 Å². The molecule has 0 aliphatic carbocycles. The molecule has 26 heavy (non-hydrogen) atoms. The van der Waals surface area contributed by atoms with E-state index in [1.807, 2.05) is 36.4 Å². The molecule has 1 aromatic heterocycles. The highest BCUT2D eigenvalue weighted by molar-refractivity contribution is 7.91. The number of benzene rings is 2. The standard InChI is InChI=1S/C18H17N3O4S/c1-2-10-25-18(22)21-26(23,24)20-15-8-5-7-13(11-15)17-12-14-6-3-4-9-16(14)19-17/h2-9,11-12,19-20H,1,10H2,(H,21,22). The van der Waals surface area contributed by atoms with E-state index in [0.717, 1.165) is 22.2 Å². The van der Waals surface area contributed by atoms with E-state index in [9.17, 15) is 13.2 Å². The number of hydrogen-bond acceptors (Lipinski definition) is 4. The third-order valence-corrected chi connectivity index (χ3v) is 4.45. The predicted molar refractivity (Wildman–Crippen MR) is 101 cm³/mol. The summed E-state index contributed by atoms with van der Waals surface area (Å²) in [5.41, 5.74) is 2.95. The summed E-state index contributed by atoms with van der Waals surface area (Å²) in [7, 11) is -4.11. The SMILES string of the molecule is C=CCOC(=O)NS(=O)(=O)Nc1cccc(-c2cc3ccccc3[nH]2)c1. The highest BCUT2D eigenvalue weighted by Gasteiger charge is 2.15. The maximum atomic E-state index is 12.0. The summed E-state index contributed by atoms with van der Waals surface area (Å²) in [6.07, 6.45) is 0.257. The third-order valence-electron chi connectivity index (χ3n) is 3.51. The summed E-state index contributed by atoms with van der Waals surface area (Å²) < 4.78 is 32.7. The number of carbonyl (C=O) groups excluding carboxylic acids is 1. The number of amides is 1. The smallest absolute Gasteiger partial charge is 0.422 e. The van der Waals surface area contributed by atoms with Crippen LogP contribution in [0.5, 0.6) is 0 Å². The lowest BCUT2D eigenvalue weighted by Gasteiger charge is -2.10. The van der Waals surface area contributed by atoms with E-state index in [2.05, 4.69) is 21.0 Å². The van der Waals surface area contributed by atoms with E-state index >= 15 is 0 Å². The number of carbonyl (C=O) groups is 1. The van der Waals surface area contributed by atoms with Gasteiger partial charge in [-0.3, -0.25) is 4.72 Å². The molecule has 1 amide bonds. The fourth-order valence-electron chi connectivity index (χ4n) is 2.43. The van der Waals surface area contributed by atoms with Crippen LogP contribution in [-0.2, 0) is 14.9 Å². The molecule has 3 N–H and O–H groups in total. The van der Waals surface area contributed by atoms with E-state index < -0.39 is 16.3 Å². The molecule has 0 saturated carbocycles. The van der Waals surface area contributed by atoms with Gasteiger partial charge in [-0.05, 0) is 24.3 Å². The first-order valence-corrected chi connectivity index (χ1v) is 9.21. The number of fused-ring (bicyclic) bond motifs is 1. The normalized spacial score (nSPS) is 11.1. The molecule has 3 aromatic rings. The lowest BCUT2D eigenvalue weighted by atomic mass is 10.1. The Kier molecular flexibility index (Phi) is 4.94. The average Bonchev–Trinajstić information content (AvgIpc) is 3.03. The monoisotopic (exact) mass is 371 g/mol. The minimum absolute atomic E-state index is 0.0861. The molecular weight excluding hydrogens is 354 g/mol. The molecule has 0 bridgehead atoms. The fraction of sp³-hybridized carbons (Fsp3) is 0.0556. The molecule has 0 fully saturated rings. The summed E-state index contributed by atoms with van der Waals surface area (Å²) in [5, 5.41) is 1.06. The molecule has 0 spiro atoms. The van der Waals surface area contributed by atoms with Crippen molar-refractivity contribution in [1.29, 1.82) is 0 Å². The molecule has 0 aliphatic heterocycles. The van der Waals surface area contributed by atoms with Crippen LogP contribution in [-0.4, -0.2) is 26.1 Å². The molecule has 7 nitrogen and oxygen atoms in total. The summed E-state index contributed by atoms with van der Waals surface area (Å²) >= 11 is 0. The number of aromatic nitrogens is 1. The Hall–Kier alpha value is -3.26. The molecule has 1 heterocycles. The molecule has 0 aliphatic rings. The summed E-state index contributed by atoms with van der Waals surface area (Å²) in [6.45, 7) is 3.29. The average molecular weight is 371 g/mol. The van der Waals surface area contributed by atoms with Crippen molar-refractivity contribution in [2.75, 3.05) is 11.3 Å². The van der Waals surface area contributed by atoms with Gasteiger partial charge in [0.15, 0.2) is 0 Å². The number of rotatable bonds is 6. The van der Waals surface area contributed by atoms with Gasteiger partial charge in [-0.25, -0.2) is 9.52 Å². The van der Waals surface area contributed by atoms with Gasteiger partial charge < -0.3 is 9.72 Å². The van der Waals surface area contributed by atoms with Crippen molar-refractivity contribution in [2.45, 2.75) is 0 Å². The maximum absolute atomic E-state index is 12.0. The summed E-state index contributed by atoms with van der Waals surface area (Å²) in [6, 6.07) is 16.6. The lowest BCUT2D eigenvalue weighted by molar-refractivity contribution is 0.165. The van der Waals surface area contributed by atoms with E-state index in [1.165, 1.54) is 6.08 Å². The second-order valence-corrected chi connectivity index (χ2v) is 6.86. The predicted octanol–water partition coefficient (Wildman–Crippen LogP) is 3.40. The van der Waals surface area contributed by atoms with Gasteiger partial charge in [0.1, 0.15) is 6.61 Å². The zero-order valence-corrected chi connectivity index (χ0v) is 14.5. The molecule has 0 radical (unpaired) electrons. The quantitative estimate of drug-likeness (QED) is 0.578. The Morgan fingerprint density at radius 3 is 2.73 bits per heavy atom. The van der Waals surface area contributed by atoms with Gasteiger partial charge in [-0.1, -0.05) is 43.0 Å². The third kappa shape index (κ3) is 4.22. The molecule has 0 saturated heterocycles. The van der Waals surface area contributed by atoms with Crippen LogP contribution < -0.4 is 9.44 Å². The van der Waals surface area contributed by atoms with Crippen molar-refractivity contribution in [3.05, 3.63) is 67.3 Å². The van der Waals surface area contributed by atoms with Crippen molar-refractivity contribution in [2.24, 2.45) is 0 Å². The number of H-pyrrole nitrogens is 1. The number of para-hydroxylation sites is 1. The number of aromatic amines is 1. The molecule has 134 valence electrons. The molecule has 8 heteroatoms. The van der Waals surface area contributed by atoms with E-state index in [-0.39, 0.29) is 6.61 Å². The van der Waals surface area contributed by atoms with Gasteiger partial charge >= 0.3 is 16.3 Å².